The second-order valence-corrected chi connectivity index (χ2v) is 8.48. The Morgan fingerprint density at radius 2 is 2.13 bits per heavy atom. The van der Waals surface area contributed by atoms with E-state index in [1.807, 2.05) is 54.9 Å². The molecule has 1 saturated heterocycles. The van der Waals surface area contributed by atoms with E-state index in [0.29, 0.717) is 12.6 Å². The molecule has 0 bridgehead atoms. The summed E-state index contributed by atoms with van der Waals surface area (Å²) >= 11 is 1.55. The molecule has 0 aliphatic carbocycles. The third-order valence-corrected chi connectivity index (χ3v) is 6.14. The van der Waals surface area contributed by atoms with Crippen molar-refractivity contribution in [3.63, 3.8) is 0 Å². The molecule has 2 aromatic heterocycles. The van der Waals surface area contributed by atoms with Crippen molar-refractivity contribution < 1.29 is 4.79 Å². The molecule has 4 rings (SSSR count). The minimum absolute atomic E-state index is 0.00870. The first kappa shape index (κ1) is 20.4. The fourth-order valence-corrected chi connectivity index (χ4v) is 4.67. The number of thiazole rings is 1. The van der Waals surface area contributed by atoms with Gasteiger partial charge < -0.3 is 10.2 Å². The van der Waals surface area contributed by atoms with Gasteiger partial charge in [0.2, 0.25) is 5.91 Å². The van der Waals surface area contributed by atoms with Gasteiger partial charge in [0.15, 0.2) is 5.82 Å². The van der Waals surface area contributed by atoms with Crippen LogP contribution < -0.4 is 10.2 Å². The summed E-state index contributed by atoms with van der Waals surface area (Å²) in [6, 6.07) is 14.0. The largest absolute Gasteiger partial charge is 0.351 e. The Bertz CT molecular complexity index is 921. The summed E-state index contributed by atoms with van der Waals surface area (Å²) in [7, 11) is 1.99. The number of aromatic nitrogens is 3. The van der Waals surface area contributed by atoms with Crippen molar-refractivity contribution in [2.45, 2.75) is 24.9 Å². The fourth-order valence-electron chi connectivity index (χ4n) is 3.96. The van der Waals surface area contributed by atoms with E-state index in [0.717, 1.165) is 42.3 Å². The standard InChI is InChI=1S/C22H26N6OS/c1-27(15-18-9-6-13-28(18)19-10-5-11-24-26-19)16-20(29)25-21(22-23-12-14-30-22)17-7-3-2-4-8-17/h2-5,7-8,10-12,14,18,21H,6,9,13,15-16H2,1H3,(H,25,29). The Morgan fingerprint density at radius 3 is 2.87 bits per heavy atom. The molecule has 156 valence electrons. The molecule has 2 atom stereocenters. The molecule has 1 fully saturated rings. The van der Waals surface area contributed by atoms with Gasteiger partial charge in [0, 0.05) is 36.9 Å². The predicted octanol–water partition coefficient (Wildman–Crippen LogP) is 2.74. The van der Waals surface area contributed by atoms with Crippen LogP contribution in [0.15, 0.2) is 60.2 Å². The lowest BCUT2D eigenvalue weighted by Gasteiger charge is -2.29. The van der Waals surface area contributed by atoms with Gasteiger partial charge in [0.05, 0.1) is 6.54 Å². The van der Waals surface area contributed by atoms with Crippen LogP contribution in [0.4, 0.5) is 5.82 Å². The molecule has 1 N–H and O–H groups in total. The maximum Gasteiger partial charge on any atom is 0.235 e. The first-order valence-electron chi connectivity index (χ1n) is 10.2. The van der Waals surface area contributed by atoms with Crippen LogP contribution in [0.1, 0.15) is 29.5 Å². The molecule has 3 aromatic rings. The lowest BCUT2D eigenvalue weighted by Crippen LogP contribution is -2.43. The Kier molecular flexibility index (Phi) is 6.66. The number of carbonyl (C=O) groups is 1. The average Bonchev–Trinajstić information content (AvgIpc) is 3.45. The van der Waals surface area contributed by atoms with Gasteiger partial charge in [0.25, 0.3) is 0 Å². The Hall–Kier alpha value is -2.84. The zero-order valence-corrected chi connectivity index (χ0v) is 17.8. The number of amides is 1. The minimum atomic E-state index is -0.227. The van der Waals surface area contributed by atoms with E-state index in [2.05, 4.69) is 30.3 Å². The van der Waals surface area contributed by atoms with Gasteiger partial charge in [-0.25, -0.2) is 4.98 Å². The third-order valence-electron chi connectivity index (χ3n) is 5.30. The smallest absolute Gasteiger partial charge is 0.235 e. The van der Waals surface area contributed by atoms with Gasteiger partial charge in [-0.1, -0.05) is 30.3 Å². The van der Waals surface area contributed by atoms with Crippen LogP contribution in [0.25, 0.3) is 0 Å². The van der Waals surface area contributed by atoms with E-state index in [9.17, 15) is 4.79 Å². The molecular weight excluding hydrogens is 396 g/mol. The number of nitrogens with zero attached hydrogens (tertiary/aromatic N) is 5. The summed E-state index contributed by atoms with van der Waals surface area (Å²) in [6.07, 6.45) is 5.68. The molecule has 0 spiro atoms. The van der Waals surface area contributed by atoms with Crippen LogP contribution in [0.5, 0.6) is 0 Å². The predicted molar refractivity (Wildman–Crippen MR) is 118 cm³/mol. The van der Waals surface area contributed by atoms with E-state index >= 15 is 0 Å². The van der Waals surface area contributed by atoms with Crippen LogP contribution in [-0.4, -0.2) is 58.7 Å². The molecule has 2 unspecified atom stereocenters. The second kappa shape index (κ2) is 9.77. The van der Waals surface area contributed by atoms with Gasteiger partial charge in [-0.2, -0.15) is 5.10 Å². The lowest BCUT2D eigenvalue weighted by atomic mass is 10.1. The van der Waals surface area contributed by atoms with Gasteiger partial charge in [-0.05, 0) is 37.6 Å². The van der Waals surface area contributed by atoms with Crippen molar-refractivity contribution >= 4 is 23.1 Å². The van der Waals surface area contributed by atoms with Crippen LogP contribution in [-0.2, 0) is 4.79 Å². The van der Waals surface area contributed by atoms with Crippen LogP contribution in [0.2, 0.25) is 0 Å². The van der Waals surface area contributed by atoms with Crippen LogP contribution >= 0.6 is 11.3 Å². The number of likely N-dealkylation sites (N-methyl/N-ethyl adjacent to an activating group) is 1. The first-order valence-corrected chi connectivity index (χ1v) is 11.1. The molecule has 0 radical (unpaired) electrons. The third kappa shape index (κ3) is 5.01. The number of carbonyl (C=O) groups excluding carboxylic acids is 1. The summed E-state index contributed by atoms with van der Waals surface area (Å²) in [5.41, 5.74) is 1.04. The summed E-state index contributed by atoms with van der Waals surface area (Å²) in [6.45, 7) is 2.11. The van der Waals surface area contributed by atoms with E-state index in [4.69, 9.17) is 0 Å². The van der Waals surface area contributed by atoms with E-state index in [1.54, 1.807) is 23.7 Å². The van der Waals surface area contributed by atoms with Gasteiger partial charge in [0.1, 0.15) is 11.0 Å². The van der Waals surface area contributed by atoms with Crippen molar-refractivity contribution in [3.8, 4) is 0 Å². The molecule has 1 aliphatic rings. The highest BCUT2D eigenvalue weighted by Crippen LogP contribution is 2.25. The van der Waals surface area contributed by atoms with Crippen molar-refractivity contribution in [1.29, 1.82) is 0 Å². The lowest BCUT2D eigenvalue weighted by molar-refractivity contribution is -0.122. The number of anilines is 1. The second-order valence-electron chi connectivity index (χ2n) is 7.55. The zero-order valence-electron chi connectivity index (χ0n) is 17.0. The molecule has 8 heteroatoms. The maximum absolute atomic E-state index is 12.8. The zero-order chi connectivity index (χ0) is 20.8. The molecule has 3 heterocycles. The summed E-state index contributed by atoms with van der Waals surface area (Å²) in [4.78, 5) is 21.6. The topological polar surface area (TPSA) is 74.2 Å². The Labute approximate surface area is 180 Å². The van der Waals surface area contributed by atoms with E-state index in [-0.39, 0.29) is 11.9 Å². The van der Waals surface area contributed by atoms with Crippen molar-refractivity contribution in [2.75, 3.05) is 31.6 Å². The highest BCUT2D eigenvalue weighted by Gasteiger charge is 2.27. The molecule has 7 nitrogen and oxygen atoms in total. The van der Waals surface area contributed by atoms with E-state index < -0.39 is 0 Å². The first-order chi connectivity index (χ1) is 14.7. The highest BCUT2D eigenvalue weighted by atomic mass is 32.1. The van der Waals surface area contributed by atoms with Gasteiger partial charge in [-0.3, -0.25) is 9.69 Å². The fraction of sp³-hybridized carbons (Fsp3) is 0.364. The average molecular weight is 423 g/mol. The summed E-state index contributed by atoms with van der Waals surface area (Å²) in [5.74, 6) is 0.899. The number of benzene rings is 1. The Balaban J connectivity index is 1.37. The SMILES string of the molecule is CN(CC(=O)NC(c1ccccc1)c1nccs1)CC1CCCN1c1cccnn1. The van der Waals surface area contributed by atoms with Crippen LogP contribution in [0, 0.1) is 0 Å². The molecule has 1 amide bonds. The van der Waals surface area contributed by atoms with Crippen molar-refractivity contribution in [3.05, 3.63) is 70.8 Å². The van der Waals surface area contributed by atoms with Gasteiger partial charge in [-0.15, -0.1) is 16.4 Å². The minimum Gasteiger partial charge on any atom is -0.351 e. The van der Waals surface area contributed by atoms with E-state index in [1.165, 1.54) is 0 Å². The normalized spacial score (nSPS) is 17.3. The number of hydrogen-bond acceptors (Lipinski definition) is 7. The number of rotatable bonds is 8. The monoisotopic (exact) mass is 422 g/mol. The number of nitrogens with one attached hydrogen (secondary N) is 1. The van der Waals surface area contributed by atoms with Crippen LogP contribution in [0.3, 0.4) is 0 Å². The maximum atomic E-state index is 12.8. The molecule has 0 saturated carbocycles. The molecule has 1 aliphatic heterocycles. The quantitative estimate of drug-likeness (QED) is 0.602. The molecule has 30 heavy (non-hydrogen) atoms. The van der Waals surface area contributed by atoms with Crippen molar-refractivity contribution in [2.24, 2.45) is 0 Å². The summed E-state index contributed by atoms with van der Waals surface area (Å²) < 4.78 is 0. The Morgan fingerprint density at radius 1 is 1.27 bits per heavy atom. The highest BCUT2D eigenvalue weighted by molar-refractivity contribution is 7.09. The van der Waals surface area contributed by atoms with Crippen molar-refractivity contribution in [1.82, 2.24) is 25.4 Å². The summed E-state index contributed by atoms with van der Waals surface area (Å²) in [5, 5.41) is 14.2. The number of hydrogen-bond donors (Lipinski definition) is 1. The molecule has 1 aromatic carbocycles. The molecular formula is C22H26N6OS. The van der Waals surface area contributed by atoms with Gasteiger partial charge >= 0.3 is 0 Å².